The van der Waals surface area contributed by atoms with E-state index in [0.717, 1.165) is 32.1 Å². The van der Waals surface area contributed by atoms with Gasteiger partial charge in [0.2, 0.25) is 5.91 Å². The quantitative estimate of drug-likeness (QED) is 0.638. The zero-order valence-corrected chi connectivity index (χ0v) is 12.6. The van der Waals surface area contributed by atoms with E-state index in [2.05, 4.69) is 5.32 Å². The van der Waals surface area contributed by atoms with E-state index in [0.29, 0.717) is 19.6 Å². The van der Waals surface area contributed by atoms with Gasteiger partial charge in [-0.05, 0) is 38.5 Å². The van der Waals surface area contributed by atoms with E-state index in [9.17, 15) is 9.59 Å². The topological polar surface area (TPSA) is 75.6 Å². The van der Waals surface area contributed by atoms with Gasteiger partial charge in [-0.3, -0.25) is 9.59 Å². The summed E-state index contributed by atoms with van der Waals surface area (Å²) < 4.78 is 5.40. The summed E-state index contributed by atoms with van der Waals surface area (Å²) >= 11 is 0. The van der Waals surface area contributed by atoms with Crippen molar-refractivity contribution in [3.63, 3.8) is 0 Å². The third-order valence-corrected chi connectivity index (χ3v) is 3.82. The molecule has 0 spiro atoms. The molecule has 2 N–H and O–H groups in total. The average Bonchev–Trinajstić information content (AvgIpc) is 2.75. The minimum absolute atomic E-state index is 0.0299. The van der Waals surface area contributed by atoms with Crippen LogP contribution in [0.5, 0.6) is 0 Å². The van der Waals surface area contributed by atoms with Crippen LogP contribution in [0.25, 0.3) is 0 Å². The number of carbonyl (C=O) groups is 2. The standard InChI is InChI=1S/C15H27NO4/c1-12(2)20-9-5-8-16-13(17)10-15(11-14(18)19)6-3-4-7-15/h12H,3-11H2,1-2H3,(H,16,17)(H,18,19). The van der Waals surface area contributed by atoms with Crippen molar-refractivity contribution in [3.8, 4) is 0 Å². The number of carboxylic acids is 1. The van der Waals surface area contributed by atoms with E-state index in [-0.39, 0.29) is 23.8 Å². The molecule has 0 aromatic rings. The van der Waals surface area contributed by atoms with E-state index in [1.54, 1.807) is 0 Å². The fraction of sp³-hybridized carbons (Fsp3) is 0.867. The lowest BCUT2D eigenvalue weighted by Crippen LogP contribution is -2.32. The maximum Gasteiger partial charge on any atom is 0.303 e. The summed E-state index contributed by atoms with van der Waals surface area (Å²) in [5.41, 5.74) is -0.315. The van der Waals surface area contributed by atoms with Gasteiger partial charge < -0.3 is 15.2 Å². The minimum atomic E-state index is -0.801. The van der Waals surface area contributed by atoms with Crippen LogP contribution in [0.15, 0.2) is 0 Å². The number of nitrogens with one attached hydrogen (secondary N) is 1. The number of hydrogen-bond acceptors (Lipinski definition) is 3. The third-order valence-electron chi connectivity index (χ3n) is 3.82. The molecule has 116 valence electrons. The Balaban J connectivity index is 2.27. The highest BCUT2D eigenvalue weighted by Gasteiger charge is 2.37. The second-order valence-corrected chi connectivity index (χ2v) is 6.08. The lowest BCUT2D eigenvalue weighted by atomic mass is 9.79. The van der Waals surface area contributed by atoms with Crippen LogP contribution < -0.4 is 5.32 Å². The monoisotopic (exact) mass is 285 g/mol. The Bertz CT molecular complexity index is 322. The van der Waals surface area contributed by atoms with Crippen LogP contribution in [0.1, 0.15) is 58.8 Å². The summed E-state index contributed by atoms with van der Waals surface area (Å²) in [4.78, 5) is 22.9. The van der Waals surface area contributed by atoms with Crippen LogP contribution in [-0.4, -0.2) is 36.2 Å². The number of carboxylic acid groups (broad SMARTS) is 1. The van der Waals surface area contributed by atoms with Gasteiger partial charge in [0.25, 0.3) is 0 Å². The molecular formula is C15H27NO4. The Hall–Kier alpha value is -1.10. The molecule has 5 heteroatoms. The normalized spacial score (nSPS) is 17.4. The summed E-state index contributed by atoms with van der Waals surface area (Å²) in [7, 11) is 0. The molecule has 1 aliphatic carbocycles. The van der Waals surface area contributed by atoms with Crippen molar-refractivity contribution in [2.24, 2.45) is 5.41 Å². The van der Waals surface area contributed by atoms with Crippen LogP contribution in [0.2, 0.25) is 0 Å². The van der Waals surface area contributed by atoms with E-state index in [1.807, 2.05) is 13.8 Å². The number of carbonyl (C=O) groups excluding carboxylic acids is 1. The van der Waals surface area contributed by atoms with Crippen LogP contribution in [-0.2, 0) is 14.3 Å². The first-order valence-corrected chi connectivity index (χ1v) is 7.54. The second-order valence-electron chi connectivity index (χ2n) is 6.08. The molecule has 1 fully saturated rings. The summed E-state index contributed by atoms with van der Waals surface area (Å²) in [5.74, 6) is -0.831. The van der Waals surface area contributed by atoms with Crippen molar-refractivity contribution in [2.45, 2.75) is 64.9 Å². The molecular weight excluding hydrogens is 258 g/mol. The summed E-state index contributed by atoms with van der Waals surface area (Å²) in [5, 5.41) is 11.9. The molecule has 1 aliphatic rings. The van der Waals surface area contributed by atoms with Gasteiger partial charge in [0.05, 0.1) is 12.5 Å². The average molecular weight is 285 g/mol. The number of amides is 1. The smallest absolute Gasteiger partial charge is 0.303 e. The Morgan fingerprint density at radius 2 is 1.90 bits per heavy atom. The van der Waals surface area contributed by atoms with Gasteiger partial charge in [0.1, 0.15) is 0 Å². The Kier molecular flexibility index (Phi) is 6.99. The SMILES string of the molecule is CC(C)OCCCNC(=O)CC1(CC(=O)O)CCCC1. The van der Waals surface area contributed by atoms with E-state index < -0.39 is 5.97 Å². The summed E-state index contributed by atoms with van der Waals surface area (Å²) in [6.07, 6.45) is 5.21. The van der Waals surface area contributed by atoms with Gasteiger partial charge in [0, 0.05) is 19.6 Å². The highest BCUT2D eigenvalue weighted by Crippen LogP contribution is 2.43. The molecule has 1 saturated carbocycles. The molecule has 0 heterocycles. The third kappa shape index (κ3) is 6.37. The molecule has 0 aliphatic heterocycles. The molecule has 0 aromatic heterocycles. The van der Waals surface area contributed by atoms with Gasteiger partial charge in [-0.15, -0.1) is 0 Å². The highest BCUT2D eigenvalue weighted by atomic mass is 16.5. The first-order valence-electron chi connectivity index (χ1n) is 7.54. The van der Waals surface area contributed by atoms with Gasteiger partial charge in [-0.1, -0.05) is 12.8 Å². The Labute approximate surface area is 121 Å². The lowest BCUT2D eigenvalue weighted by molar-refractivity contribution is -0.140. The number of aliphatic carboxylic acids is 1. The number of ether oxygens (including phenoxy) is 1. The van der Waals surface area contributed by atoms with Gasteiger partial charge in [-0.2, -0.15) is 0 Å². The first-order chi connectivity index (χ1) is 9.43. The zero-order valence-electron chi connectivity index (χ0n) is 12.6. The van der Waals surface area contributed by atoms with Crippen LogP contribution in [0, 0.1) is 5.41 Å². The van der Waals surface area contributed by atoms with Crippen molar-refractivity contribution < 1.29 is 19.4 Å². The maximum atomic E-state index is 11.9. The van der Waals surface area contributed by atoms with Crippen molar-refractivity contribution >= 4 is 11.9 Å². The summed E-state index contributed by atoms with van der Waals surface area (Å²) in [6, 6.07) is 0. The van der Waals surface area contributed by atoms with Crippen molar-refractivity contribution in [1.82, 2.24) is 5.32 Å². The summed E-state index contributed by atoms with van der Waals surface area (Å²) in [6.45, 7) is 5.19. The van der Waals surface area contributed by atoms with Gasteiger partial charge in [0.15, 0.2) is 0 Å². The fourth-order valence-corrected chi connectivity index (χ4v) is 2.88. The van der Waals surface area contributed by atoms with Crippen LogP contribution >= 0.6 is 0 Å². The molecule has 0 unspecified atom stereocenters. The first kappa shape index (κ1) is 17.0. The molecule has 0 bridgehead atoms. The zero-order chi connectivity index (χ0) is 15.0. The number of rotatable bonds is 9. The van der Waals surface area contributed by atoms with Crippen LogP contribution in [0.3, 0.4) is 0 Å². The maximum absolute atomic E-state index is 11.9. The molecule has 1 amide bonds. The van der Waals surface area contributed by atoms with Crippen LogP contribution in [0.4, 0.5) is 0 Å². The van der Waals surface area contributed by atoms with Gasteiger partial charge in [-0.25, -0.2) is 0 Å². The largest absolute Gasteiger partial charge is 0.481 e. The van der Waals surface area contributed by atoms with Crippen molar-refractivity contribution in [2.75, 3.05) is 13.2 Å². The molecule has 20 heavy (non-hydrogen) atoms. The fourth-order valence-electron chi connectivity index (χ4n) is 2.88. The molecule has 0 atom stereocenters. The molecule has 0 radical (unpaired) electrons. The second kappa shape index (κ2) is 8.25. The van der Waals surface area contributed by atoms with Crippen molar-refractivity contribution in [1.29, 1.82) is 0 Å². The van der Waals surface area contributed by atoms with E-state index >= 15 is 0 Å². The lowest BCUT2D eigenvalue weighted by Gasteiger charge is -2.26. The van der Waals surface area contributed by atoms with E-state index in [4.69, 9.17) is 9.84 Å². The molecule has 1 rings (SSSR count). The minimum Gasteiger partial charge on any atom is -0.481 e. The Morgan fingerprint density at radius 3 is 2.45 bits per heavy atom. The van der Waals surface area contributed by atoms with Gasteiger partial charge >= 0.3 is 5.97 Å². The highest BCUT2D eigenvalue weighted by molar-refractivity contribution is 5.78. The molecule has 0 saturated heterocycles. The predicted octanol–water partition coefficient (Wildman–Crippen LogP) is 2.34. The Morgan fingerprint density at radius 1 is 1.25 bits per heavy atom. The van der Waals surface area contributed by atoms with E-state index in [1.165, 1.54) is 0 Å². The molecule has 5 nitrogen and oxygen atoms in total. The van der Waals surface area contributed by atoms with Crippen molar-refractivity contribution in [3.05, 3.63) is 0 Å². The molecule has 0 aromatic carbocycles. The predicted molar refractivity (Wildman–Crippen MR) is 76.5 cm³/mol. The number of hydrogen-bond donors (Lipinski definition) is 2.